The van der Waals surface area contributed by atoms with E-state index >= 15 is 0 Å². The van der Waals surface area contributed by atoms with E-state index in [0.29, 0.717) is 16.1 Å². The van der Waals surface area contributed by atoms with Gasteiger partial charge in [0.15, 0.2) is 17.5 Å². The lowest BCUT2D eigenvalue weighted by Crippen LogP contribution is -2.37. The molecule has 0 unspecified atom stereocenters. The molecular weight excluding hydrogens is 568 g/mol. The van der Waals surface area contributed by atoms with Crippen molar-refractivity contribution in [1.29, 1.82) is 0 Å². The average molecular weight is 582 g/mol. The SMILES string of the molecule is O=C(CN(Cc1ccc(Cl)c(Cl)c1)S(=O)(=O)c1ccc(Br)cc1)Nc1ccc(F)c(F)c1F. The van der Waals surface area contributed by atoms with Crippen molar-refractivity contribution < 1.29 is 26.4 Å². The molecule has 0 aromatic heterocycles. The standard InChI is InChI=1S/C21H14BrCl2F3N2O3S/c22-13-2-4-14(5-3-13)33(31,32)29(10-12-1-6-15(23)16(24)9-12)11-19(30)28-18-8-7-17(25)20(26)21(18)27/h1-9H,10-11H2,(H,28,30). The van der Waals surface area contributed by atoms with E-state index in [1.54, 1.807) is 0 Å². The zero-order chi connectivity index (χ0) is 24.3. The summed E-state index contributed by atoms with van der Waals surface area (Å²) in [7, 11) is -4.20. The summed E-state index contributed by atoms with van der Waals surface area (Å²) in [5.74, 6) is -5.76. The predicted molar refractivity (Wildman–Crippen MR) is 123 cm³/mol. The zero-order valence-corrected chi connectivity index (χ0v) is 20.4. The van der Waals surface area contributed by atoms with Gasteiger partial charge in [-0.25, -0.2) is 21.6 Å². The number of nitrogens with one attached hydrogen (secondary N) is 1. The number of carbonyl (C=O) groups is 1. The van der Waals surface area contributed by atoms with Crippen LogP contribution in [0.25, 0.3) is 0 Å². The molecule has 0 bridgehead atoms. The zero-order valence-electron chi connectivity index (χ0n) is 16.5. The normalized spacial score (nSPS) is 11.6. The van der Waals surface area contributed by atoms with Crippen molar-refractivity contribution in [2.75, 3.05) is 11.9 Å². The van der Waals surface area contributed by atoms with Crippen LogP contribution in [0.1, 0.15) is 5.56 Å². The van der Waals surface area contributed by atoms with Crippen molar-refractivity contribution in [2.24, 2.45) is 0 Å². The summed E-state index contributed by atoms with van der Waals surface area (Å²) in [6, 6.07) is 11.6. The molecule has 174 valence electrons. The molecule has 3 rings (SSSR count). The second-order valence-electron chi connectivity index (χ2n) is 6.75. The molecule has 1 amide bonds. The first kappa shape index (κ1) is 25.5. The smallest absolute Gasteiger partial charge is 0.243 e. The predicted octanol–water partition coefficient (Wildman–Crippen LogP) is 6.00. The summed E-state index contributed by atoms with van der Waals surface area (Å²) in [6.07, 6.45) is 0. The van der Waals surface area contributed by atoms with Crippen LogP contribution in [0.3, 0.4) is 0 Å². The summed E-state index contributed by atoms with van der Waals surface area (Å²) in [5, 5.41) is 2.51. The van der Waals surface area contributed by atoms with Crippen molar-refractivity contribution in [3.05, 3.63) is 92.1 Å². The maximum atomic E-state index is 13.9. The molecule has 0 heterocycles. The maximum Gasteiger partial charge on any atom is 0.243 e. The highest BCUT2D eigenvalue weighted by atomic mass is 79.9. The number of rotatable bonds is 7. The van der Waals surface area contributed by atoms with Crippen molar-refractivity contribution in [3.63, 3.8) is 0 Å². The van der Waals surface area contributed by atoms with Gasteiger partial charge in [-0.3, -0.25) is 4.79 Å². The van der Waals surface area contributed by atoms with Gasteiger partial charge in [0.1, 0.15) is 0 Å². The van der Waals surface area contributed by atoms with E-state index in [4.69, 9.17) is 23.2 Å². The van der Waals surface area contributed by atoms with Crippen LogP contribution in [0, 0.1) is 17.5 Å². The number of sulfonamides is 1. The first-order chi connectivity index (χ1) is 15.5. The van der Waals surface area contributed by atoms with Crippen LogP contribution < -0.4 is 5.32 Å². The fraction of sp³-hybridized carbons (Fsp3) is 0.0952. The Hall–Kier alpha value is -2.11. The number of anilines is 1. The van der Waals surface area contributed by atoms with Gasteiger partial charge in [-0.2, -0.15) is 4.31 Å². The quantitative estimate of drug-likeness (QED) is 0.348. The van der Waals surface area contributed by atoms with E-state index in [-0.39, 0.29) is 21.5 Å². The molecule has 1 N–H and O–H groups in total. The second-order valence-corrected chi connectivity index (χ2v) is 10.4. The minimum absolute atomic E-state index is 0.0995. The molecule has 3 aromatic rings. The largest absolute Gasteiger partial charge is 0.322 e. The van der Waals surface area contributed by atoms with Gasteiger partial charge < -0.3 is 5.32 Å². The number of halogens is 6. The minimum atomic E-state index is -4.20. The molecule has 3 aromatic carbocycles. The summed E-state index contributed by atoms with van der Waals surface area (Å²) >= 11 is 15.1. The fourth-order valence-electron chi connectivity index (χ4n) is 2.80. The molecule has 0 aliphatic carbocycles. The molecule has 0 saturated carbocycles. The van der Waals surface area contributed by atoms with Gasteiger partial charge in [0.05, 0.1) is 27.2 Å². The number of amides is 1. The Labute approximate surface area is 206 Å². The average Bonchev–Trinajstić information content (AvgIpc) is 2.76. The minimum Gasteiger partial charge on any atom is -0.322 e. The van der Waals surface area contributed by atoms with Gasteiger partial charge in [0.25, 0.3) is 0 Å². The van der Waals surface area contributed by atoms with Crippen LogP contribution in [-0.2, 0) is 21.4 Å². The highest BCUT2D eigenvalue weighted by molar-refractivity contribution is 9.10. The number of carbonyl (C=O) groups excluding carboxylic acids is 1. The van der Waals surface area contributed by atoms with E-state index in [0.717, 1.165) is 10.4 Å². The Morgan fingerprint density at radius 3 is 2.24 bits per heavy atom. The van der Waals surface area contributed by atoms with Gasteiger partial charge in [-0.1, -0.05) is 45.2 Å². The highest BCUT2D eigenvalue weighted by Gasteiger charge is 2.28. The topological polar surface area (TPSA) is 66.5 Å². The molecule has 0 saturated heterocycles. The highest BCUT2D eigenvalue weighted by Crippen LogP contribution is 2.26. The molecule has 0 atom stereocenters. The van der Waals surface area contributed by atoms with E-state index < -0.39 is 45.6 Å². The third-order valence-corrected chi connectivity index (χ3v) is 7.50. The molecule has 33 heavy (non-hydrogen) atoms. The molecule has 0 aliphatic rings. The molecule has 0 spiro atoms. The van der Waals surface area contributed by atoms with E-state index in [1.165, 1.54) is 42.5 Å². The monoisotopic (exact) mass is 580 g/mol. The van der Waals surface area contributed by atoms with Crippen molar-refractivity contribution in [1.82, 2.24) is 4.31 Å². The van der Waals surface area contributed by atoms with Crippen LogP contribution in [-0.4, -0.2) is 25.2 Å². The van der Waals surface area contributed by atoms with Gasteiger partial charge >= 0.3 is 0 Å². The number of hydrogen-bond donors (Lipinski definition) is 1. The Bertz CT molecular complexity index is 1310. The van der Waals surface area contributed by atoms with Crippen LogP contribution in [0.5, 0.6) is 0 Å². The summed E-state index contributed by atoms with van der Waals surface area (Å²) in [5.41, 5.74) is -0.202. The lowest BCUT2D eigenvalue weighted by Gasteiger charge is -2.22. The fourth-order valence-corrected chi connectivity index (χ4v) is 4.76. The lowest BCUT2D eigenvalue weighted by atomic mass is 10.2. The maximum absolute atomic E-state index is 13.9. The molecule has 12 heteroatoms. The second kappa shape index (κ2) is 10.4. The van der Waals surface area contributed by atoms with E-state index in [9.17, 15) is 26.4 Å². The van der Waals surface area contributed by atoms with Crippen molar-refractivity contribution in [2.45, 2.75) is 11.4 Å². The van der Waals surface area contributed by atoms with E-state index in [1.807, 2.05) is 0 Å². The Morgan fingerprint density at radius 2 is 1.61 bits per heavy atom. The van der Waals surface area contributed by atoms with Gasteiger partial charge in [0.2, 0.25) is 15.9 Å². The summed E-state index contributed by atoms with van der Waals surface area (Å²) < 4.78 is 68.5. The first-order valence-electron chi connectivity index (χ1n) is 9.12. The van der Waals surface area contributed by atoms with Gasteiger partial charge in [-0.15, -0.1) is 0 Å². The summed E-state index contributed by atoms with van der Waals surface area (Å²) in [6.45, 7) is -1.03. The molecule has 0 aliphatic heterocycles. The Balaban J connectivity index is 1.92. The lowest BCUT2D eigenvalue weighted by molar-refractivity contribution is -0.116. The van der Waals surface area contributed by atoms with Crippen molar-refractivity contribution in [3.8, 4) is 0 Å². The Morgan fingerprint density at radius 1 is 0.939 bits per heavy atom. The van der Waals surface area contributed by atoms with Crippen LogP contribution >= 0.6 is 39.1 Å². The molecule has 0 radical (unpaired) electrons. The third-order valence-electron chi connectivity index (χ3n) is 4.42. The number of nitrogens with zero attached hydrogens (tertiary/aromatic N) is 1. The molecule has 5 nitrogen and oxygen atoms in total. The van der Waals surface area contributed by atoms with Crippen LogP contribution in [0.4, 0.5) is 18.9 Å². The Kier molecular flexibility index (Phi) is 8.07. The molecule has 0 fully saturated rings. The van der Waals surface area contributed by atoms with E-state index in [2.05, 4.69) is 21.2 Å². The number of hydrogen-bond acceptors (Lipinski definition) is 3. The summed E-state index contributed by atoms with van der Waals surface area (Å²) in [4.78, 5) is 12.5. The van der Waals surface area contributed by atoms with Crippen LogP contribution in [0.15, 0.2) is 64.0 Å². The van der Waals surface area contributed by atoms with Gasteiger partial charge in [0, 0.05) is 11.0 Å². The number of benzene rings is 3. The van der Waals surface area contributed by atoms with Crippen molar-refractivity contribution >= 4 is 60.7 Å². The molecular formula is C21H14BrCl2F3N2O3S. The first-order valence-corrected chi connectivity index (χ1v) is 12.1. The van der Waals surface area contributed by atoms with Gasteiger partial charge in [-0.05, 0) is 54.1 Å². The van der Waals surface area contributed by atoms with Crippen LogP contribution in [0.2, 0.25) is 10.0 Å². The third kappa shape index (κ3) is 6.07.